The largest absolute Gasteiger partial charge is 0.495 e. The molecule has 0 amide bonds. The molecule has 20 heavy (non-hydrogen) atoms. The van der Waals surface area contributed by atoms with E-state index in [1.54, 1.807) is 0 Å². The lowest BCUT2D eigenvalue weighted by atomic mass is 10.3. The molecule has 3 N–H and O–H groups in total. The van der Waals surface area contributed by atoms with Gasteiger partial charge >= 0.3 is 0 Å². The third kappa shape index (κ3) is 3.12. The molecule has 0 atom stereocenters. The fraction of sp³-hybridized carbons (Fsp3) is 0.0833. The van der Waals surface area contributed by atoms with Gasteiger partial charge in [-0.2, -0.15) is 0 Å². The second kappa shape index (κ2) is 5.56. The van der Waals surface area contributed by atoms with Crippen molar-refractivity contribution in [1.29, 1.82) is 0 Å². The van der Waals surface area contributed by atoms with E-state index in [4.69, 9.17) is 22.1 Å². The molecule has 1 aromatic carbocycles. The van der Waals surface area contributed by atoms with E-state index in [0.717, 1.165) is 0 Å². The quantitative estimate of drug-likeness (QED) is 0.843. The Morgan fingerprint density at radius 1 is 1.30 bits per heavy atom. The van der Waals surface area contributed by atoms with Crippen LogP contribution in [0, 0.1) is 0 Å². The van der Waals surface area contributed by atoms with Gasteiger partial charge in [0, 0.05) is 6.20 Å². The second-order valence-electron chi connectivity index (χ2n) is 3.87. The number of rotatable bonds is 4. The van der Waals surface area contributed by atoms with Crippen LogP contribution < -0.4 is 15.2 Å². The smallest absolute Gasteiger partial charge is 0.263 e. The van der Waals surface area contributed by atoms with Crippen molar-refractivity contribution in [3.63, 3.8) is 0 Å². The predicted octanol–water partition coefficient (Wildman–Crippen LogP) is 2.13. The van der Waals surface area contributed by atoms with Gasteiger partial charge < -0.3 is 10.5 Å². The van der Waals surface area contributed by atoms with Gasteiger partial charge in [-0.3, -0.25) is 4.72 Å². The molecule has 0 saturated carbocycles. The maximum atomic E-state index is 12.2. The Morgan fingerprint density at radius 2 is 2.05 bits per heavy atom. The first kappa shape index (κ1) is 14.4. The van der Waals surface area contributed by atoms with E-state index in [2.05, 4.69) is 9.71 Å². The molecule has 0 saturated heterocycles. The van der Waals surface area contributed by atoms with Crippen LogP contribution in [0.1, 0.15) is 0 Å². The number of aromatic nitrogens is 1. The van der Waals surface area contributed by atoms with Crippen LogP contribution in [0.15, 0.2) is 41.4 Å². The summed E-state index contributed by atoms with van der Waals surface area (Å²) in [6, 6.07) is 7.20. The zero-order valence-corrected chi connectivity index (χ0v) is 12.1. The van der Waals surface area contributed by atoms with Crippen LogP contribution in [0.4, 0.5) is 11.5 Å². The van der Waals surface area contributed by atoms with E-state index >= 15 is 0 Å². The van der Waals surface area contributed by atoms with Crippen LogP contribution in [0.2, 0.25) is 5.02 Å². The number of pyridine rings is 1. The van der Waals surface area contributed by atoms with E-state index < -0.39 is 10.0 Å². The summed E-state index contributed by atoms with van der Waals surface area (Å²) in [5, 5.41) is 0.418. The van der Waals surface area contributed by atoms with E-state index in [9.17, 15) is 8.42 Å². The number of anilines is 2. The summed E-state index contributed by atoms with van der Waals surface area (Å²) < 4.78 is 31.6. The van der Waals surface area contributed by atoms with Gasteiger partial charge in [-0.15, -0.1) is 0 Å². The molecule has 106 valence electrons. The minimum Gasteiger partial charge on any atom is -0.495 e. The van der Waals surface area contributed by atoms with Crippen molar-refractivity contribution in [2.45, 2.75) is 4.90 Å². The van der Waals surface area contributed by atoms with Gasteiger partial charge in [0.2, 0.25) is 0 Å². The molecule has 0 spiro atoms. The van der Waals surface area contributed by atoms with Gasteiger partial charge in [-0.1, -0.05) is 11.6 Å². The van der Waals surface area contributed by atoms with Gasteiger partial charge in [0.05, 0.1) is 22.7 Å². The van der Waals surface area contributed by atoms with E-state index in [0.29, 0.717) is 10.8 Å². The lowest BCUT2D eigenvalue weighted by Gasteiger charge is -2.09. The van der Waals surface area contributed by atoms with Crippen LogP contribution in [0.25, 0.3) is 0 Å². The Balaban J connectivity index is 2.30. The maximum absolute atomic E-state index is 12.2. The minimum absolute atomic E-state index is 0.0209. The zero-order valence-electron chi connectivity index (χ0n) is 10.5. The summed E-state index contributed by atoms with van der Waals surface area (Å²) in [5.74, 6) is 0.581. The topological polar surface area (TPSA) is 94.3 Å². The summed E-state index contributed by atoms with van der Waals surface area (Å²) in [5.41, 5.74) is 5.93. The number of methoxy groups -OCH3 is 1. The van der Waals surface area contributed by atoms with Crippen molar-refractivity contribution in [1.82, 2.24) is 4.98 Å². The molecule has 1 heterocycles. The molecular weight excluding hydrogens is 302 g/mol. The number of halogens is 1. The lowest BCUT2D eigenvalue weighted by Crippen LogP contribution is -2.14. The molecule has 0 bridgehead atoms. The Kier molecular flexibility index (Phi) is 4.01. The first-order chi connectivity index (χ1) is 9.42. The number of hydrogen-bond acceptors (Lipinski definition) is 5. The summed E-state index contributed by atoms with van der Waals surface area (Å²) in [4.78, 5) is 3.89. The first-order valence-corrected chi connectivity index (χ1v) is 7.36. The minimum atomic E-state index is -3.76. The number of hydrogen-bond donors (Lipinski definition) is 2. The molecule has 0 aliphatic carbocycles. The summed E-state index contributed by atoms with van der Waals surface area (Å²) >= 11 is 5.68. The fourth-order valence-electron chi connectivity index (χ4n) is 1.51. The van der Waals surface area contributed by atoms with E-state index in [1.165, 1.54) is 43.6 Å². The molecule has 0 aliphatic rings. The standard InChI is InChI=1S/C12H12ClN3O3S/c1-19-11-4-3-9(6-10(11)14)20(17,18)16-12-5-2-8(13)7-15-12/h2-7H,14H2,1H3,(H,15,16). The van der Waals surface area contributed by atoms with Crippen LogP contribution in [-0.2, 0) is 10.0 Å². The average molecular weight is 314 g/mol. The highest BCUT2D eigenvalue weighted by Gasteiger charge is 2.16. The van der Waals surface area contributed by atoms with Crippen molar-refractivity contribution in [3.8, 4) is 5.75 Å². The van der Waals surface area contributed by atoms with Gasteiger partial charge in [0.1, 0.15) is 11.6 Å². The number of nitrogens with two attached hydrogens (primary N) is 1. The zero-order chi connectivity index (χ0) is 14.8. The van der Waals surface area contributed by atoms with Crippen molar-refractivity contribution in [2.75, 3.05) is 17.6 Å². The van der Waals surface area contributed by atoms with Crippen molar-refractivity contribution in [3.05, 3.63) is 41.6 Å². The third-order valence-corrected chi connectivity index (χ3v) is 4.05. The highest BCUT2D eigenvalue weighted by molar-refractivity contribution is 7.92. The molecule has 0 radical (unpaired) electrons. The SMILES string of the molecule is COc1ccc(S(=O)(=O)Nc2ccc(Cl)cn2)cc1N. The van der Waals surface area contributed by atoms with E-state index in [1.807, 2.05) is 0 Å². The Morgan fingerprint density at radius 3 is 2.60 bits per heavy atom. The Bertz CT molecular complexity index is 717. The average Bonchev–Trinajstić information content (AvgIpc) is 2.41. The van der Waals surface area contributed by atoms with Gasteiger partial charge in [0.15, 0.2) is 0 Å². The third-order valence-electron chi connectivity index (χ3n) is 2.48. The molecule has 2 rings (SSSR count). The molecule has 0 fully saturated rings. The Hall–Kier alpha value is -1.99. The number of ether oxygens (including phenoxy) is 1. The first-order valence-electron chi connectivity index (χ1n) is 5.50. The van der Waals surface area contributed by atoms with Gasteiger partial charge in [-0.05, 0) is 30.3 Å². The Labute approximate surface area is 121 Å². The number of sulfonamides is 1. The normalized spacial score (nSPS) is 11.1. The summed E-state index contributed by atoms with van der Waals surface area (Å²) in [6.45, 7) is 0. The molecule has 0 aliphatic heterocycles. The van der Waals surface area contributed by atoms with E-state index in [-0.39, 0.29) is 16.4 Å². The summed E-state index contributed by atoms with van der Waals surface area (Å²) in [6.07, 6.45) is 1.35. The van der Waals surface area contributed by atoms with Crippen LogP contribution in [0.3, 0.4) is 0 Å². The van der Waals surface area contributed by atoms with Crippen molar-refractivity contribution >= 4 is 33.1 Å². The molecular formula is C12H12ClN3O3S. The number of benzene rings is 1. The molecule has 6 nitrogen and oxygen atoms in total. The monoisotopic (exact) mass is 313 g/mol. The maximum Gasteiger partial charge on any atom is 0.263 e. The van der Waals surface area contributed by atoms with Crippen molar-refractivity contribution < 1.29 is 13.2 Å². The van der Waals surface area contributed by atoms with Gasteiger partial charge in [-0.25, -0.2) is 13.4 Å². The van der Waals surface area contributed by atoms with Crippen LogP contribution >= 0.6 is 11.6 Å². The molecule has 8 heteroatoms. The van der Waals surface area contributed by atoms with Crippen LogP contribution in [0.5, 0.6) is 5.75 Å². The van der Waals surface area contributed by atoms with Crippen molar-refractivity contribution in [2.24, 2.45) is 0 Å². The lowest BCUT2D eigenvalue weighted by molar-refractivity contribution is 0.416. The predicted molar refractivity (Wildman–Crippen MR) is 77.5 cm³/mol. The molecule has 1 aromatic heterocycles. The highest BCUT2D eigenvalue weighted by Crippen LogP contribution is 2.25. The summed E-state index contributed by atoms with van der Waals surface area (Å²) in [7, 11) is -2.31. The molecule has 2 aromatic rings. The second-order valence-corrected chi connectivity index (χ2v) is 5.99. The number of nitrogen functional groups attached to an aromatic ring is 1. The fourth-order valence-corrected chi connectivity index (χ4v) is 2.67. The highest BCUT2D eigenvalue weighted by atomic mass is 35.5. The van der Waals surface area contributed by atoms with Crippen LogP contribution in [-0.4, -0.2) is 20.5 Å². The number of nitrogens with one attached hydrogen (secondary N) is 1. The van der Waals surface area contributed by atoms with Gasteiger partial charge in [0.25, 0.3) is 10.0 Å². The molecule has 0 unspecified atom stereocenters. The number of nitrogens with zero attached hydrogens (tertiary/aromatic N) is 1.